The van der Waals surface area contributed by atoms with Crippen LogP contribution in [0.3, 0.4) is 0 Å². The molecule has 0 saturated carbocycles. The Balaban J connectivity index is 4.72. The van der Waals surface area contributed by atoms with Crippen LogP contribution in [-0.4, -0.2) is 42.4 Å². The van der Waals surface area contributed by atoms with Crippen molar-refractivity contribution in [1.29, 1.82) is 0 Å². The third-order valence-electron chi connectivity index (χ3n) is 2.28. The zero-order valence-corrected chi connectivity index (χ0v) is 10.7. The minimum atomic E-state index is -3.61. The van der Waals surface area contributed by atoms with Gasteiger partial charge in [-0.15, -0.1) is 6.58 Å². The fourth-order valence-corrected chi connectivity index (χ4v) is 2.11. The van der Waals surface area contributed by atoms with Gasteiger partial charge in [-0.3, -0.25) is 4.79 Å². The van der Waals surface area contributed by atoms with E-state index >= 15 is 0 Å². The summed E-state index contributed by atoms with van der Waals surface area (Å²) >= 11 is 0. The number of carbonyl (C=O) groups excluding carboxylic acids is 1. The van der Waals surface area contributed by atoms with Crippen LogP contribution in [0.1, 0.15) is 20.3 Å². The number of carboxylic acid groups (broad SMARTS) is 1. The second-order valence-corrected chi connectivity index (χ2v) is 5.93. The maximum absolute atomic E-state index is 11.6. The summed E-state index contributed by atoms with van der Waals surface area (Å²) in [7, 11) is -3.61. The molecular weight excluding hydrogens is 246 g/mol. The Bertz CT molecular complexity index is 401. The number of sulfone groups is 1. The standard InChI is InChI=1S/C10H17NO5S/c1-4-6-17(15,16)7(3)9(12)11-8(5-2)10(13)14/h4,7-8H,1,5-6H2,2-3H3,(H,11,12)(H,13,14). The number of aliphatic carboxylic acids is 1. The summed E-state index contributed by atoms with van der Waals surface area (Å²) in [6.07, 6.45) is 1.38. The molecule has 0 aromatic heterocycles. The Morgan fingerprint density at radius 1 is 1.47 bits per heavy atom. The van der Waals surface area contributed by atoms with Crippen LogP contribution in [0.2, 0.25) is 0 Å². The highest BCUT2D eigenvalue weighted by Gasteiger charge is 2.29. The lowest BCUT2D eigenvalue weighted by molar-refractivity contribution is -0.141. The fourth-order valence-electron chi connectivity index (χ4n) is 1.10. The first-order chi connectivity index (χ1) is 7.76. The maximum Gasteiger partial charge on any atom is 0.326 e. The normalized spacial score (nSPS) is 14.7. The largest absolute Gasteiger partial charge is 0.480 e. The summed E-state index contributed by atoms with van der Waals surface area (Å²) in [6, 6.07) is -1.07. The first kappa shape index (κ1) is 15.6. The van der Waals surface area contributed by atoms with Gasteiger partial charge in [0.2, 0.25) is 5.91 Å². The summed E-state index contributed by atoms with van der Waals surface area (Å²) in [5, 5.41) is 9.62. The van der Waals surface area contributed by atoms with Gasteiger partial charge >= 0.3 is 5.97 Å². The van der Waals surface area contributed by atoms with Gasteiger partial charge in [0.15, 0.2) is 9.84 Å². The van der Waals surface area contributed by atoms with E-state index in [1.54, 1.807) is 6.92 Å². The van der Waals surface area contributed by atoms with Gasteiger partial charge in [0.25, 0.3) is 0 Å². The number of amides is 1. The van der Waals surface area contributed by atoms with Crippen molar-refractivity contribution < 1.29 is 23.1 Å². The lowest BCUT2D eigenvalue weighted by Crippen LogP contribution is -2.46. The van der Waals surface area contributed by atoms with Gasteiger partial charge in [0.1, 0.15) is 11.3 Å². The predicted molar refractivity (Wildman–Crippen MR) is 63.3 cm³/mol. The Morgan fingerprint density at radius 2 is 2.00 bits per heavy atom. The van der Waals surface area contributed by atoms with Gasteiger partial charge in [-0.05, 0) is 13.3 Å². The van der Waals surface area contributed by atoms with Crippen molar-refractivity contribution in [2.24, 2.45) is 0 Å². The van der Waals surface area contributed by atoms with Crippen LogP contribution in [0.4, 0.5) is 0 Å². The molecular formula is C10H17NO5S. The molecule has 2 N–H and O–H groups in total. The van der Waals surface area contributed by atoms with Crippen LogP contribution in [0.25, 0.3) is 0 Å². The van der Waals surface area contributed by atoms with E-state index in [4.69, 9.17) is 5.11 Å². The van der Waals surface area contributed by atoms with Crippen molar-refractivity contribution in [3.8, 4) is 0 Å². The lowest BCUT2D eigenvalue weighted by Gasteiger charge is -2.16. The molecule has 7 heteroatoms. The van der Waals surface area contributed by atoms with Crippen molar-refractivity contribution in [3.05, 3.63) is 12.7 Å². The molecule has 2 unspecified atom stereocenters. The molecule has 17 heavy (non-hydrogen) atoms. The Morgan fingerprint density at radius 3 is 2.35 bits per heavy atom. The number of hydrogen-bond donors (Lipinski definition) is 2. The van der Waals surface area contributed by atoms with Crippen molar-refractivity contribution >= 4 is 21.7 Å². The first-order valence-corrected chi connectivity index (χ1v) is 6.83. The van der Waals surface area contributed by atoms with Crippen LogP contribution < -0.4 is 5.32 Å². The quantitative estimate of drug-likeness (QED) is 0.627. The average Bonchev–Trinajstić information content (AvgIpc) is 2.23. The molecule has 98 valence electrons. The van der Waals surface area contributed by atoms with Gasteiger partial charge < -0.3 is 10.4 Å². The summed E-state index contributed by atoms with van der Waals surface area (Å²) < 4.78 is 23.1. The van der Waals surface area contributed by atoms with Gasteiger partial charge in [0.05, 0.1) is 5.75 Å². The monoisotopic (exact) mass is 263 g/mol. The third-order valence-corrected chi connectivity index (χ3v) is 4.27. The molecule has 0 aromatic rings. The molecule has 0 saturated heterocycles. The van der Waals surface area contributed by atoms with Crippen LogP contribution in [0, 0.1) is 0 Å². The topological polar surface area (TPSA) is 101 Å². The molecule has 6 nitrogen and oxygen atoms in total. The molecule has 0 aliphatic carbocycles. The SMILES string of the molecule is C=CCS(=O)(=O)C(C)C(=O)NC(CC)C(=O)O. The molecule has 1 amide bonds. The second-order valence-electron chi connectivity index (χ2n) is 3.57. The Hall–Kier alpha value is -1.37. The third kappa shape index (κ3) is 4.56. The van der Waals surface area contributed by atoms with E-state index in [0.717, 1.165) is 0 Å². The molecule has 0 bridgehead atoms. The smallest absolute Gasteiger partial charge is 0.326 e. The molecule has 0 fully saturated rings. The average molecular weight is 263 g/mol. The van der Waals surface area contributed by atoms with E-state index in [2.05, 4.69) is 11.9 Å². The molecule has 0 aliphatic rings. The van der Waals surface area contributed by atoms with Crippen LogP contribution >= 0.6 is 0 Å². The Labute approximate surface area is 101 Å². The predicted octanol–water partition coefficient (Wildman–Crippen LogP) is -0.0449. The molecule has 0 heterocycles. The highest BCUT2D eigenvalue weighted by Crippen LogP contribution is 2.04. The van der Waals surface area contributed by atoms with Crippen LogP contribution in [-0.2, 0) is 19.4 Å². The van der Waals surface area contributed by atoms with Gasteiger partial charge in [-0.1, -0.05) is 13.0 Å². The molecule has 0 spiro atoms. The van der Waals surface area contributed by atoms with Crippen molar-refractivity contribution in [3.63, 3.8) is 0 Å². The molecule has 0 aliphatic heterocycles. The molecule has 0 rings (SSSR count). The fraction of sp³-hybridized carbons (Fsp3) is 0.600. The Kier molecular flexibility index (Phi) is 5.87. The number of hydrogen-bond acceptors (Lipinski definition) is 4. The van der Waals surface area contributed by atoms with Crippen LogP contribution in [0.15, 0.2) is 12.7 Å². The van der Waals surface area contributed by atoms with Crippen molar-refractivity contribution in [2.45, 2.75) is 31.6 Å². The molecule has 0 aromatic carbocycles. The van der Waals surface area contributed by atoms with Crippen LogP contribution in [0.5, 0.6) is 0 Å². The first-order valence-electron chi connectivity index (χ1n) is 5.11. The summed E-state index contributed by atoms with van der Waals surface area (Å²) in [6.45, 7) is 6.10. The minimum Gasteiger partial charge on any atom is -0.480 e. The summed E-state index contributed by atoms with van der Waals surface area (Å²) in [4.78, 5) is 22.2. The minimum absolute atomic E-state index is 0.190. The van der Waals surface area contributed by atoms with Crippen molar-refractivity contribution in [2.75, 3.05) is 5.75 Å². The van der Waals surface area contributed by atoms with E-state index in [-0.39, 0.29) is 12.2 Å². The zero-order valence-electron chi connectivity index (χ0n) is 9.84. The second kappa shape index (κ2) is 6.39. The van der Waals surface area contributed by atoms with Crippen molar-refractivity contribution in [1.82, 2.24) is 5.32 Å². The van der Waals surface area contributed by atoms with Gasteiger partial charge in [-0.25, -0.2) is 13.2 Å². The van der Waals surface area contributed by atoms with E-state index < -0.39 is 33.0 Å². The summed E-state index contributed by atoms with van der Waals surface area (Å²) in [5.74, 6) is -2.30. The van der Waals surface area contributed by atoms with Gasteiger partial charge in [-0.2, -0.15) is 0 Å². The summed E-state index contributed by atoms with van der Waals surface area (Å²) in [5.41, 5.74) is 0. The number of rotatable bonds is 7. The van der Waals surface area contributed by atoms with Gasteiger partial charge in [0, 0.05) is 0 Å². The zero-order chi connectivity index (χ0) is 13.6. The highest BCUT2D eigenvalue weighted by molar-refractivity contribution is 7.92. The van der Waals surface area contributed by atoms with E-state index in [0.29, 0.717) is 0 Å². The molecule has 0 radical (unpaired) electrons. The number of carboxylic acids is 1. The van der Waals surface area contributed by atoms with E-state index in [1.165, 1.54) is 13.0 Å². The van der Waals surface area contributed by atoms with E-state index in [9.17, 15) is 18.0 Å². The highest BCUT2D eigenvalue weighted by atomic mass is 32.2. The molecule has 2 atom stereocenters. The lowest BCUT2D eigenvalue weighted by atomic mass is 10.2. The van der Waals surface area contributed by atoms with E-state index in [1.807, 2.05) is 0 Å². The number of nitrogens with one attached hydrogen (secondary N) is 1. The maximum atomic E-state index is 11.6. The number of carbonyl (C=O) groups is 2.